The van der Waals surface area contributed by atoms with E-state index in [1.54, 1.807) is 0 Å². The molecule has 0 saturated carbocycles. The fourth-order valence-electron chi connectivity index (χ4n) is 2.59. The molecule has 0 aromatic rings. The van der Waals surface area contributed by atoms with Crippen molar-refractivity contribution < 1.29 is 8.85 Å². The van der Waals surface area contributed by atoms with Gasteiger partial charge in [0.1, 0.15) is 0 Å². The van der Waals surface area contributed by atoms with E-state index < -0.39 is 16.6 Å². The van der Waals surface area contributed by atoms with Crippen molar-refractivity contribution in [1.29, 1.82) is 0 Å². The smallest absolute Gasteiger partial charge is 0.202 e. The van der Waals surface area contributed by atoms with Crippen LogP contribution in [0, 0.1) is 5.92 Å². The molecule has 0 spiro atoms. The summed E-state index contributed by atoms with van der Waals surface area (Å²) >= 11 is 0. The summed E-state index contributed by atoms with van der Waals surface area (Å²) in [7, 11) is -3.36. The van der Waals surface area contributed by atoms with Crippen LogP contribution in [-0.4, -0.2) is 28.5 Å². The van der Waals surface area contributed by atoms with Crippen molar-refractivity contribution in [3.8, 4) is 0 Å². The first kappa shape index (κ1) is 21.1. The highest BCUT2D eigenvalue weighted by molar-refractivity contribution is 6.84. The average Bonchev–Trinajstić information content (AvgIpc) is 2.33. The zero-order valence-electron chi connectivity index (χ0n) is 15.7. The van der Waals surface area contributed by atoms with Crippen LogP contribution < -0.4 is 0 Å². The van der Waals surface area contributed by atoms with Crippen molar-refractivity contribution in [3.63, 3.8) is 0 Å². The second-order valence-electron chi connectivity index (χ2n) is 7.74. The molecule has 21 heavy (non-hydrogen) atoms. The molecular formula is C17H38O2Si2. The molecule has 3 unspecified atom stereocenters. The van der Waals surface area contributed by atoms with Crippen LogP contribution in [-0.2, 0) is 8.85 Å². The topological polar surface area (TPSA) is 18.5 Å². The summed E-state index contributed by atoms with van der Waals surface area (Å²) in [6, 6.07) is 0. The minimum Gasteiger partial charge on any atom is -0.454 e. The van der Waals surface area contributed by atoms with Crippen LogP contribution in [0.3, 0.4) is 0 Å². The van der Waals surface area contributed by atoms with E-state index in [4.69, 9.17) is 8.85 Å². The van der Waals surface area contributed by atoms with Crippen molar-refractivity contribution in [3.05, 3.63) is 12.7 Å². The van der Waals surface area contributed by atoms with Gasteiger partial charge in [-0.2, -0.15) is 0 Å². The van der Waals surface area contributed by atoms with Gasteiger partial charge < -0.3 is 8.85 Å². The van der Waals surface area contributed by atoms with Crippen molar-refractivity contribution in [2.75, 3.05) is 0 Å². The largest absolute Gasteiger partial charge is 0.454 e. The van der Waals surface area contributed by atoms with E-state index in [0.717, 1.165) is 6.42 Å². The normalized spacial score (nSPS) is 17.3. The van der Waals surface area contributed by atoms with Crippen LogP contribution in [0.1, 0.15) is 46.5 Å². The highest BCUT2D eigenvalue weighted by Crippen LogP contribution is 2.26. The zero-order chi connectivity index (χ0) is 16.7. The van der Waals surface area contributed by atoms with E-state index in [2.05, 4.69) is 60.1 Å². The van der Waals surface area contributed by atoms with Gasteiger partial charge in [0.2, 0.25) is 8.32 Å². The summed E-state index contributed by atoms with van der Waals surface area (Å²) in [5.41, 5.74) is 0.285. The maximum Gasteiger partial charge on any atom is 0.202 e. The third kappa shape index (κ3) is 8.96. The summed E-state index contributed by atoms with van der Waals surface area (Å²) in [4.78, 5) is 0. The van der Waals surface area contributed by atoms with Gasteiger partial charge in [-0.25, -0.2) is 0 Å². The Morgan fingerprint density at radius 3 is 2.05 bits per heavy atom. The quantitative estimate of drug-likeness (QED) is 0.272. The van der Waals surface area contributed by atoms with Crippen LogP contribution in [0.5, 0.6) is 0 Å². The summed E-state index contributed by atoms with van der Waals surface area (Å²) in [5, 5.41) is 0. The number of hydrogen-bond acceptors (Lipinski definition) is 2. The van der Waals surface area contributed by atoms with E-state index >= 15 is 0 Å². The first-order valence-electron chi connectivity index (χ1n) is 8.51. The van der Waals surface area contributed by atoms with E-state index in [1.807, 2.05) is 6.08 Å². The van der Waals surface area contributed by atoms with Gasteiger partial charge in [-0.3, -0.25) is 0 Å². The Morgan fingerprint density at radius 1 is 1.05 bits per heavy atom. The molecule has 0 aliphatic carbocycles. The molecule has 0 heterocycles. The minimum absolute atomic E-state index is 0.214. The predicted molar refractivity (Wildman–Crippen MR) is 99.8 cm³/mol. The molecule has 0 aliphatic heterocycles. The molecule has 0 aliphatic rings. The molecule has 0 rings (SSSR count). The van der Waals surface area contributed by atoms with E-state index in [-0.39, 0.29) is 11.8 Å². The molecule has 0 N–H and O–H groups in total. The molecule has 0 radical (unpaired) electrons. The molecular weight excluding hydrogens is 292 g/mol. The van der Waals surface area contributed by atoms with Crippen LogP contribution in [0.4, 0.5) is 0 Å². The Balaban J connectivity index is 4.89. The van der Waals surface area contributed by atoms with Crippen molar-refractivity contribution in [2.24, 2.45) is 5.92 Å². The third-order valence-electron chi connectivity index (χ3n) is 3.91. The third-order valence-corrected chi connectivity index (χ3v) is 10.4. The van der Waals surface area contributed by atoms with Crippen molar-refractivity contribution in [2.45, 2.75) is 91.0 Å². The highest BCUT2D eigenvalue weighted by Gasteiger charge is 2.39. The standard InChI is InChI=1S/C17H38O2Si2/c1-10-12-13-14-17(18-16(4)15(3)11-2)21(8,9)19-20(5,6)7/h11,15-17H,2,10,12-14H2,1,3-9H3. The number of hydrogen-bond donors (Lipinski definition) is 0. The summed E-state index contributed by atoms with van der Waals surface area (Å²) < 4.78 is 13.0. The van der Waals surface area contributed by atoms with Crippen LogP contribution in [0.15, 0.2) is 12.7 Å². The lowest BCUT2D eigenvalue weighted by molar-refractivity contribution is 0.00546. The van der Waals surface area contributed by atoms with Crippen molar-refractivity contribution >= 4 is 16.6 Å². The monoisotopic (exact) mass is 330 g/mol. The maximum atomic E-state index is 6.56. The lowest BCUT2D eigenvalue weighted by Crippen LogP contribution is -2.53. The Kier molecular flexibility index (Phi) is 9.32. The molecule has 4 heteroatoms. The fraction of sp³-hybridized carbons (Fsp3) is 0.882. The van der Waals surface area contributed by atoms with Gasteiger partial charge >= 0.3 is 0 Å². The van der Waals surface area contributed by atoms with Crippen LogP contribution in [0.25, 0.3) is 0 Å². The molecule has 0 amide bonds. The van der Waals surface area contributed by atoms with Crippen molar-refractivity contribution in [1.82, 2.24) is 0 Å². The van der Waals surface area contributed by atoms with Gasteiger partial charge in [0, 0.05) is 0 Å². The Morgan fingerprint density at radius 2 is 1.62 bits per heavy atom. The lowest BCUT2D eigenvalue weighted by atomic mass is 10.1. The maximum absolute atomic E-state index is 6.56. The number of ether oxygens (including phenoxy) is 1. The first-order chi connectivity index (χ1) is 9.53. The second kappa shape index (κ2) is 9.28. The predicted octanol–water partition coefficient (Wildman–Crippen LogP) is 5.76. The summed E-state index contributed by atoms with van der Waals surface area (Å²) in [5.74, 6) is 0.385. The first-order valence-corrected chi connectivity index (χ1v) is 14.9. The summed E-state index contributed by atoms with van der Waals surface area (Å²) in [6.45, 7) is 22.0. The van der Waals surface area contributed by atoms with Gasteiger partial charge in [0.25, 0.3) is 0 Å². The molecule has 0 saturated heterocycles. The zero-order valence-corrected chi connectivity index (χ0v) is 17.7. The fourth-order valence-corrected chi connectivity index (χ4v) is 10.9. The number of rotatable bonds is 11. The minimum atomic E-state index is -1.83. The molecule has 0 bridgehead atoms. The number of unbranched alkanes of at least 4 members (excludes halogenated alkanes) is 2. The lowest BCUT2D eigenvalue weighted by Gasteiger charge is -2.39. The molecule has 0 aromatic heterocycles. The SMILES string of the molecule is C=CC(C)C(C)OC(CCCCC)[Si](C)(C)O[Si](C)(C)C. The Bertz CT molecular complexity index is 298. The van der Waals surface area contributed by atoms with E-state index in [1.165, 1.54) is 19.3 Å². The molecule has 0 fully saturated rings. The van der Waals surface area contributed by atoms with Gasteiger partial charge in [-0.1, -0.05) is 39.2 Å². The molecule has 2 nitrogen and oxygen atoms in total. The van der Waals surface area contributed by atoms with Crippen LogP contribution >= 0.6 is 0 Å². The van der Waals surface area contributed by atoms with E-state index in [9.17, 15) is 0 Å². The van der Waals surface area contributed by atoms with Crippen LogP contribution in [0.2, 0.25) is 32.7 Å². The van der Waals surface area contributed by atoms with Gasteiger partial charge in [0.15, 0.2) is 8.32 Å². The second-order valence-corrected chi connectivity index (χ2v) is 16.6. The molecule has 3 atom stereocenters. The van der Waals surface area contributed by atoms with E-state index in [0.29, 0.717) is 5.92 Å². The average molecular weight is 331 g/mol. The van der Waals surface area contributed by atoms with Gasteiger partial charge in [-0.05, 0) is 52.0 Å². The molecule has 0 aromatic carbocycles. The van der Waals surface area contributed by atoms with Gasteiger partial charge in [-0.15, -0.1) is 6.58 Å². The Hall–Kier alpha value is 0.0938. The Labute approximate surface area is 135 Å². The van der Waals surface area contributed by atoms with Gasteiger partial charge in [0.05, 0.1) is 11.8 Å². The highest BCUT2D eigenvalue weighted by atomic mass is 28.4. The molecule has 126 valence electrons. The summed E-state index contributed by atoms with van der Waals surface area (Å²) in [6.07, 6.45) is 7.10.